The van der Waals surface area contributed by atoms with Crippen molar-refractivity contribution in [2.24, 2.45) is 0 Å². The van der Waals surface area contributed by atoms with E-state index in [9.17, 15) is 24.0 Å². The minimum atomic E-state index is -0.698. The quantitative estimate of drug-likeness (QED) is 0.0516. The van der Waals surface area contributed by atoms with E-state index < -0.39 is 17.8 Å². The van der Waals surface area contributed by atoms with Gasteiger partial charge >= 0.3 is 5.97 Å². The molecule has 4 amide bonds. The summed E-state index contributed by atoms with van der Waals surface area (Å²) in [6.07, 6.45) is 1.72. The molecule has 5 heterocycles. The third kappa shape index (κ3) is 11.1. The standard InChI is InChI=1S/C57H62N6O13/c1-69-19-20-73-22-21-72-18-17-60(16-8-13-55(66)76-63-53(64)14-15-54(63)65)40-24-36(34-74-51-30-45-43(28-49(51)70-2)56(67)61-41(32-58-45)26-38-9-4-6-11-47(38)61)23-37(25-40)35-75-52-31-46-44(29-50(52)71-3)57(68)62-42(33-59-46)27-39-10-5-7-12-48(39)62/h4-7,9-12,23-25,28-31,41-42,58-59H,8,13-22,26-27,32-35H2,1-3H3/t41-,42-/m0/s1. The molecule has 398 valence electrons. The van der Waals surface area contributed by atoms with Gasteiger partial charge in [-0.25, -0.2) is 4.79 Å². The van der Waals surface area contributed by atoms with Gasteiger partial charge in [-0.2, -0.15) is 0 Å². The average Bonchev–Trinajstić information content (AvgIpc) is 4.05. The highest BCUT2D eigenvalue weighted by molar-refractivity contribution is 6.13. The van der Waals surface area contributed by atoms with Gasteiger partial charge in [-0.1, -0.05) is 36.4 Å². The topological polar surface area (TPSA) is 196 Å². The molecule has 2 N–H and O–H groups in total. The fourth-order valence-corrected chi connectivity index (χ4v) is 10.5. The zero-order valence-electron chi connectivity index (χ0n) is 42.9. The Balaban J connectivity index is 0.921. The number of carbonyl (C=O) groups excluding carboxylic acids is 5. The Morgan fingerprint density at radius 1 is 0.605 bits per heavy atom. The zero-order valence-corrected chi connectivity index (χ0v) is 42.9. The number of methoxy groups -OCH3 is 3. The van der Waals surface area contributed by atoms with E-state index >= 15 is 0 Å². The molecular weight excluding hydrogens is 977 g/mol. The van der Waals surface area contributed by atoms with Gasteiger partial charge in [0, 0.05) is 81.7 Å². The molecule has 0 aromatic heterocycles. The monoisotopic (exact) mass is 1040 g/mol. The number of ether oxygens (including phenoxy) is 7. The van der Waals surface area contributed by atoms with Gasteiger partial charge in [0.2, 0.25) is 0 Å². The number of hydrogen-bond donors (Lipinski definition) is 2. The predicted octanol–water partition coefficient (Wildman–Crippen LogP) is 6.73. The molecule has 19 heteroatoms. The maximum atomic E-state index is 14.2. The molecule has 0 unspecified atom stereocenters. The summed E-state index contributed by atoms with van der Waals surface area (Å²) in [5, 5.41) is 7.57. The largest absolute Gasteiger partial charge is 0.493 e. The van der Waals surface area contributed by atoms with Crippen LogP contribution in [0.5, 0.6) is 23.0 Å². The summed E-state index contributed by atoms with van der Waals surface area (Å²) in [5.74, 6) is -0.388. The first-order valence-electron chi connectivity index (χ1n) is 25.7. The van der Waals surface area contributed by atoms with Gasteiger partial charge < -0.3 is 63.3 Å². The first-order chi connectivity index (χ1) is 37.1. The number of benzene rings is 5. The van der Waals surface area contributed by atoms with Crippen molar-refractivity contribution in [1.29, 1.82) is 0 Å². The number of anilines is 5. The van der Waals surface area contributed by atoms with Crippen molar-refractivity contribution in [3.8, 4) is 23.0 Å². The summed E-state index contributed by atoms with van der Waals surface area (Å²) < 4.78 is 41.6. The van der Waals surface area contributed by atoms with Crippen LogP contribution in [-0.4, -0.2) is 127 Å². The third-order valence-corrected chi connectivity index (χ3v) is 14.2. The van der Waals surface area contributed by atoms with Crippen LogP contribution in [0.1, 0.15) is 68.7 Å². The normalized spacial score (nSPS) is 17.1. The molecule has 0 radical (unpaired) electrons. The lowest BCUT2D eigenvalue weighted by Crippen LogP contribution is -2.39. The Morgan fingerprint density at radius 2 is 1.12 bits per heavy atom. The number of amides is 4. The van der Waals surface area contributed by atoms with Gasteiger partial charge in [-0.15, -0.1) is 5.06 Å². The lowest BCUT2D eigenvalue weighted by molar-refractivity contribution is -0.197. The first kappa shape index (κ1) is 51.6. The second-order valence-corrected chi connectivity index (χ2v) is 19.1. The average molecular weight is 1040 g/mol. The molecule has 2 atom stereocenters. The van der Waals surface area contributed by atoms with E-state index in [4.69, 9.17) is 38.0 Å². The lowest BCUT2D eigenvalue weighted by atomic mass is 10.1. The van der Waals surface area contributed by atoms with Crippen LogP contribution in [0.25, 0.3) is 0 Å². The number of hydrogen-bond acceptors (Lipinski definition) is 16. The summed E-state index contributed by atoms with van der Waals surface area (Å²) in [7, 11) is 4.70. The minimum absolute atomic E-state index is 0.00172. The molecule has 5 aromatic carbocycles. The van der Waals surface area contributed by atoms with Crippen LogP contribution in [0.2, 0.25) is 0 Å². The van der Waals surface area contributed by atoms with Crippen LogP contribution in [0.3, 0.4) is 0 Å². The van der Waals surface area contributed by atoms with Crippen LogP contribution >= 0.6 is 0 Å². The number of hydroxylamine groups is 2. The summed E-state index contributed by atoms with van der Waals surface area (Å²) in [5.41, 5.74) is 8.61. The Hall–Kier alpha value is -7.87. The predicted molar refractivity (Wildman–Crippen MR) is 282 cm³/mol. The van der Waals surface area contributed by atoms with Crippen molar-refractivity contribution in [3.05, 3.63) is 124 Å². The molecule has 5 aliphatic heterocycles. The summed E-state index contributed by atoms with van der Waals surface area (Å²) >= 11 is 0. The van der Waals surface area contributed by atoms with Crippen LogP contribution in [-0.2, 0) is 59.5 Å². The first-order valence-corrected chi connectivity index (χ1v) is 25.7. The van der Waals surface area contributed by atoms with Crippen LogP contribution < -0.4 is 44.3 Å². The van der Waals surface area contributed by atoms with Crippen molar-refractivity contribution in [3.63, 3.8) is 0 Å². The molecule has 10 rings (SSSR count). The molecule has 0 spiro atoms. The fourth-order valence-electron chi connectivity index (χ4n) is 10.5. The molecule has 1 fully saturated rings. The lowest BCUT2D eigenvalue weighted by Gasteiger charge is -2.26. The molecular formula is C57H62N6O13. The highest BCUT2D eigenvalue weighted by Crippen LogP contribution is 2.43. The molecule has 5 aliphatic rings. The van der Waals surface area contributed by atoms with Crippen LogP contribution in [0.4, 0.5) is 28.4 Å². The smallest absolute Gasteiger partial charge is 0.333 e. The highest BCUT2D eigenvalue weighted by Gasteiger charge is 2.40. The number of imide groups is 1. The Bertz CT molecular complexity index is 2830. The molecule has 19 nitrogen and oxygen atoms in total. The highest BCUT2D eigenvalue weighted by atomic mass is 16.7. The molecule has 5 aromatic rings. The Morgan fingerprint density at radius 3 is 1.64 bits per heavy atom. The summed E-state index contributed by atoms with van der Waals surface area (Å²) in [6, 6.07) is 28.9. The number of carbonyl (C=O) groups is 5. The number of nitrogens with zero attached hydrogens (tertiary/aromatic N) is 4. The SMILES string of the molecule is COCCOCCOCCN(CCCC(=O)ON1C(=O)CCC1=O)c1cc(COc2cc3c(cc2OC)C(=O)N2c4ccccc4C[C@H]2CN3)cc(COc2cc3c(cc2OC)C(=O)N2c4ccccc4C[C@H]2CN3)c1. The van der Waals surface area contributed by atoms with Crippen molar-refractivity contribution in [2.45, 2.75) is 63.8 Å². The van der Waals surface area contributed by atoms with E-state index in [0.29, 0.717) is 116 Å². The van der Waals surface area contributed by atoms with Crippen LogP contribution in [0, 0.1) is 0 Å². The Labute approximate surface area is 440 Å². The summed E-state index contributed by atoms with van der Waals surface area (Å²) in [6.45, 7) is 3.96. The number of rotatable bonds is 23. The van der Waals surface area contributed by atoms with Gasteiger partial charge in [0.1, 0.15) is 13.2 Å². The maximum absolute atomic E-state index is 14.2. The minimum Gasteiger partial charge on any atom is -0.493 e. The Kier molecular flexibility index (Phi) is 15.9. The van der Waals surface area contributed by atoms with E-state index in [1.165, 1.54) is 0 Å². The molecule has 76 heavy (non-hydrogen) atoms. The van der Waals surface area contributed by atoms with E-state index in [-0.39, 0.29) is 56.4 Å². The number of fused-ring (bicyclic) bond motifs is 8. The van der Waals surface area contributed by atoms with E-state index in [0.717, 1.165) is 52.2 Å². The molecule has 0 saturated carbocycles. The second kappa shape index (κ2) is 23.3. The van der Waals surface area contributed by atoms with Crippen molar-refractivity contribution in [2.75, 3.05) is 106 Å². The second-order valence-electron chi connectivity index (χ2n) is 19.1. The fraction of sp³-hybridized carbons (Fsp3) is 0.386. The van der Waals surface area contributed by atoms with Crippen molar-refractivity contribution in [1.82, 2.24) is 5.06 Å². The van der Waals surface area contributed by atoms with Gasteiger partial charge in [0.05, 0.1) is 81.8 Å². The van der Waals surface area contributed by atoms with Crippen molar-refractivity contribution >= 4 is 58.0 Å². The third-order valence-electron chi connectivity index (χ3n) is 14.2. The van der Waals surface area contributed by atoms with Gasteiger partial charge in [0.15, 0.2) is 23.0 Å². The van der Waals surface area contributed by atoms with Gasteiger partial charge in [-0.3, -0.25) is 19.2 Å². The van der Waals surface area contributed by atoms with Gasteiger partial charge in [0.25, 0.3) is 23.6 Å². The van der Waals surface area contributed by atoms with E-state index in [1.807, 2.05) is 76.5 Å². The molecule has 1 saturated heterocycles. The zero-order chi connectivity index (χ0) is 52.7. The van der Waals surface area contributed by atoms with E-state index in [1.54, 1.807) is 33.5 Å². The molecule has 0 aliphatic carbocycles. The maximum Gasteiger partial charge on any atom is 0.333 e. The van der Waals surface area contributed by atoms with Crippen LogP contribution in [0.15, 0.2) is 91.0 Å². The van der Waals surface area contributed by atoms with Gasteiger partial charge in [-0.05, 0) is 84.0 Å². The molecule has 0 bridgehead atoms. The number of nitrogens with one attached hydrogen (secondary N) is 2. The number of para-hydroxylation sites is 2. The summed E-state index contributed by atoms with van der Waals surface area (Å²) in [4.78, 5) is 76.8. The van der Waals surface area contributed by atoms with Crippen molar-refractivity contribution < 1.29 is 62.0 Å². The van der Waals surface area contributed by atoms with E-state index in [2.05, 4.69) is 27.7 Å².